The molecule has 0 aromatic rings. The predicted octanol–water partition coefficient (Wildman–Crippen LogP) is 6.51. The Balaban J connectivity index is 3.25. The van der Waals surface area contributed by atoms with E-state index in [4.69, 9.17) is 0 Å². The van der Waals surface area contributed by atoms with Crippen LogP contribution in [-0.2, 0) is 0 Å². The monoisotopic (exact) mass is 280 g/mol. The number of hydrogen-bond acceptors (Lipinski definition) is 1. The molecule has 0 nitrogen and oxygen atoms in total. The number of rotatable bonds is 14. The summed E-state index contributed by atoms with van der Waals surface area (Å²) in [7, 11) is 0. The summed E-state index contributed by atoms with van der Waals surface area (Å²) in [4.78, 5) is 0. The van der Waals surface area contributed by atoms with E-state index in [0.717, 1.165) is 17.7 Å². The first kappa shape index (κ1) is 18.6. The van der Waals surface area contributed by atoms with Crippen LogP contribution < -0.4 is 0 Å². The molecule has 0 amide bonds. The average molecular weight is 281 g/mol. The molecule has 0 heterocycles. The van der Waals surface area contributed by atoms with Crippen molar-refractivity contribution in [3.05, 3.63) is 37.0 Å². The standard InChI is InChI=1S/C18H32S/c1-4-17(2)13-10-11-15-18(3)14-9-7-5-6-8-12-16-19/h4,19H,1-3,5-16H2. The maximum absolute atomic E-state index is 4.23. The third-order valence-corrected chi connectivity index (χ3v) is 3.82. The van der Waals surface area contributed by atoms with Crippen LogP contribution in [0.25, 0.3) is 0 Å². The van der Waals surface area contributed by atoms with Crippen molar-refractivity contribution in [3.8, 4) is 0 Å². The maximum Gasteiger partial charge on any atom is -0.00979 e. The van der Waals surface area contributed by atoms with Crippen molar-refractivity contribution in [2.75, 3.05) is 5.75 Å². The molecular formula is C18H32S. The Morgan fingerprint density at radius 1 is 0.737 bits per heavy atom. The minimum atomic E-state index is 1.04. The zero-order valence-corrected chi connectivity index (χ0v) is 13.5. The molecule has 0 saturated heterocycles. The summed E-state index contributed by atoms with van der Waals surface area (Å²) in [5.41, 5.74) is 2.59. The lowest BCUT2D eigenvalue weighted by molar-refractivity contribution is 0.600. The van der Waals surface area contributed by atoms with Crippen LogP contribution in [0.3, 0.4) is 0 Å². The molecule has 0 spiro atoms. The van der Waals surface area contributed by atoms with Gasteiger partial charge in [0.05, 0.1) is 0 Å². The summed E-state index contributed by atoms with van der Waals surface area (Å²) >= 11 is 4.23. The first-order valence-corrected chi connectivity index (χ1v) is 8.41. The number of allylic oxidation sites excluding steroid dienone is 3. The fraction of sp³-hybridized carbons (Fsp3) is 0.667. The SMILES string of the molecule is C=CC(=C)CCCCC(=C)CCCCCCCCS. The fourth-order valence-electron chi connectivity index (χ4n) is 2.15. The van der Waals surface area contributed by atoms with Crippen LogP contribution in [0.1, 0.15) is 70.6 Å². The topological polar surface area (TPSA) is 0 Å². The molecule has 0 aromatic heterocycles. The summed E-state index contributed by atoms with van der Waals surface area (Å²) in [6.45, 7) is 11.9. The van der Waals surface area contributed by atoms with Gasteiger partial charge in [0.2, 0.25) is 0 Å². The molecule has 1 heteroatoms. The fourth-order valence-corrected chi connectivity index (χ4v) is 2.37. The Morgan fingerprint density at radius 3 is 1.79 bits per heavy atom. The van der Waals surface area contributed by atoms with Gasteiger partial charge in [0, 0.05) is 0 Å². The van der Waals surface area contributed by atoms with Gasteiger partial charge in [-0.3, -0.25) is 0 Å². The summed E-state index contributed by atoms with van der Waals surface area (Å²) in [6, 6.07) is 0. The summed E-state index contributed by atoms with van der Waals surface area (Å²) < 4.78 is 0. The largest absolute Gasteiger partial charge is 0.179 e. The second kappa shape index (κ2) is 14.0. The minimum Gasteiger partial charge on any atom is -0.179 e. The van der Waals surface area contributed by atoms with Crippen molar-refractivity contribution in [3.63, 3.8) is 0 Å². The van der Waals surface area contributed by atoms with Gasteiger partial charge in [-0.25, -0.2) is 0 Å². The summed E-state index contributed by atoms with van der Waals surface area (Å²) in [5.74, 6) is 1.04. The van der Waals surface area contributed by atoms with E-state index < -0.39 is 0 Å². The van der Waals surface area contributed by atoms with Crippen molar-refractivity contribution < 1.29 is 0 Å². The number of thiol groups is 1. The second-order valence-electron chi connectivity index (χ2n) is 5.41. The third kappa shape index (κ3) is 13.8. The second-order valence-corrected chi connectivity index (χ2v) is 5.86. The number of unbranched alkanes of at least 4 members (excludes halogenated alkanes) is 6. The molecule has 19 heavy (non-hydrogen) atoms. The average Bonchev–Trinajstić information content (AvgIpc) is 2.42. The van der Waals surface area contributed by atoms with Crippen molar-refractivity contribution in [1.82, 2.24) is 0 Å². The van der Waals surface area contributed by atoms with E-state index in [-0.39, 0.29) is 0 Å². The maximum atomic E-state index is 4.23. The highest BCUT2D eigenvalue weighted by Gasteiger charge is 1.97. The van der Waals surface area contributed by atoms with Gasteiger partial charge in [-0.05, 0) is 50.7 Å². The highest BCUT2D eigenvalue weighted by molar-refractivity contribution is 7.80. The van der Waals surface area contributed by atoms with Gasteiger partial charge >= 0.3 is 0 Å². The molecule has 0 radical (unpaired) electrons. The lowest BCUT2D eigenvalue weighted by Crippen LogP contribution is -1.86. The zero-order valence-electron chi connectivity index (χ0n) is 12.6. The van der Waals surface area contributed by atoms with Gasteiger partial charge < -0.3 is 0 Å². The Kier molecular flexibility index (Phi) is 13.7. The zero-order chi connectivity index (χ0) is 14.3. The lowest BCUT2D eigenvalue weighted by Gasteiger charge is -2.06. The van der Waals surface area contributed by atoms with Gasteiger partial charge in [-0.2, -0.15) is 12.6 Å². The van der Waals surface area contributed by atoms with Crippen LogP contribution in [0, 0.1) is 0 Å². The van der Waals surface area contributed by atoms with Crippen LogP contribution in [0.5, 0.6) is 0 Å². The van der Waals surface area contributed by atoms with Gasteiger partial charge in [0.25, 0.3) is 0 Å². The third-order valence-electron chi connectivity index (χ3n) is 3.51. The van der Waals surface area contributed by atoms with Crippen molar-refractivity contribution >= 4 is 12.6 Å². The highest BCUT2D eigenvalue weighted by Crippen LogP contribution is 2.17. The molecular weight excluding hydrogens is 248 g/mol. The van der Waals surface area contributed by atoms with Crippen LogP contribution in [0.15, 0.2) is 37.0 Å². The molecule has 0 aliphatic heterocycles. The van der Waals surface area contributed by atoms with E-state index in [2.05, 4.69) is 32.4 Å². The van der Waals surface area contributed by atoms with Gasteiger partial charge in [0.1, 0.15) is 0 Å². The molecule has 0 aliphatic carbocycles. The van der Waals surface area contributed by atoms with Gasteiger partial charge in [-0.1, -0.05) is 62.6 Å². The summed E-state index contributed by atoms with van der Waals surface area (Å²) in [6.07, 6.45) is 15.9. The predicted molar refractivity (Wildman–Crippen MR) is 93.1 cm³/mol. The van der Waals surface area contributed by atoms with E-state index in [9.17, 15) is 0 Å². The first-order chi connectivity index (χ1) is 9.20. The van der Waals surface area contributed by atoms with Crippen LogP contribution in [0.2, 0.25) is 0 Å². The molecule has 0 aromatic carbocycles. The number of hydrogen-bond donors (Lipinski definition) is 1. The van der Waals surface area contributed by atoms with Gasteiger partial charge in [0.15, 0.2) is 0 Å². The van der Waals surface area contributed by atoms with Crippen LogP contribution in [-0.4, -0.2) is 5.75 Å². The Labute approximate surface area is 126 Å². The first-order valence-electron chi connectivity index (χ1n) is 7.78. The molecule has 110 valence electrons. The Bertz CT molecular complexity index is 252. The van der Waals surface area contributed by atoms with Crippen molar-refractivity contribution in [1.29, 1.82) is 0 Å². The lowest BCUT2D eigenvalue weighted by atomic mass is 10.0. The molecule has 0 bridgehead atoms. The molecule has 0 fully saturated rings. The van der Waals surface area contributed by atoms with Crippen LogP contribution in [0.4, 0.5) is 0 Å². The van der Waals surface area contributed by atoms with E-state index in [1.54, 1.807) is 0 Å². The highest BCUT2D eigenvalue weighted by atomic mass is 32.1. The molecule has 0 aliphatic rings. The van der Waals surface area contributed by atoms with E-state index >= 15 is 0 Å². The molecule has 0 unspecified atom stereocenters. The summed E-state index contributed by atoms with van der Waals surface area (Å²) in [5, 5.41) is 0. The molecule has 0 saturated carbocycles. The smallest absolute Gasteiger partial charge is 0.00979 e. The molecule has 0 atom stereocenters. The van der Waals surface area contributed by atoms with E-state index in [0.29, 0.717) is 0 Å². The molecule has 0 N–H and O–H groups in total. The van der Waals surface area contributed by atoms with E-state index in [1.807, 2.05) is 6.08 Å². The van der Waals surface area contributed by atoms with Crippen molar-refractivity contribution in [2.45, 2.75) is 70.6 Å². The Morgan fingerprint density at radius 2 is 1.21 bits per heavy atom. The minimum absolute atomic E-state index is 1.04. The van der Waals surface area contributed by atoms with E-state index in [1.165, 1.54) is 69.8 Å². The Hall–Kier alpha value is -0.430. The normalized spacial score (nSPS) is 10.4. The molecule has 0 rings (SSSR count). The van der Waals surface area contributed by atoms with Crippen molar-refractivity contribution in [2.24, 2.45) is 0 Å². The van der Waals surface area contributed by atoms with Gasteiger partial charge in [-0.15, -0.1) is 0 Å². The van der Waals surface area contributed by atoms with Crippen LogP contribution >= 0.6 is 12.6 Å². The quantitative estimate of drug-likeness (QED) is 0.159.